The van der Waals surface area contributed by atoms with Gasteiger partial charge < -0.3 is 24.5 Å². The Bertz CT molecular complexity index is 1450. The second-order valence-electron chi connectivity index (χ2n) is 10.2. The summed E-state index contributed by atoms with van der Waals surface area (Å²) >= 11 is 6.18. The Balaban J connectivity index is 0.00000189. The number of ether oxygens (including phenoxy) is 2. The van der Waals surface area contributed by atoms with Crippen LogP contribution in [0.5, 0.6) is 5.75 Å². The molecule has 0 radical (unpaired) electrons. The van der Waals surface area contributed by atoms with Crippen LogP contribution in [0.3, 0.4) is 0 Å². The van der Waals surface area contributed by atoms with E-state index < -0.39 is 0 Å². The summed E-state index contributed by atoms with van der Waals surface area (Å²) in [4.78, 5) is 25.9. The Morgan fingerprint density at radius 3 is 2.54 bits per heavy atom. The molecule has 2 aromatic heterocycles. The van der Waals surface area contributed by atoms with E-state index in [1.165, 1.54) is 19.3 Å². The van der Waals surface area contributed by atoms with Gasteiger partial charge in [0.05, 0.1) is 12.2 Å². The molecule has 1 fully saturated rings. The number of carbonyl (C=O) groups excluding carboxylic acids is 1. The van der Waals surface area contributed by atoms with Crippen molar-refractivity contribution in [3.05, 3.63) is 64.4 Å². The number of aliphatic hydroxyl groups excluding tert-OH is 1. The summed E-state index contributed by atoms with van der Waals surface area (Å²) in [5.74, 6) is 2.72. The largest absolute Gasteiger partial charge is 0.493 e. The summed E-state index contributed by atoms with van der Waals surface area (Å²) in [6, 6.07) is 14.0. The highest BCUT2D eigenvalue weighted by atomic mass is 35.5. The van der Waals surface area contributed by atoms with Crippen molar-refractivity contribution in [1.82, 2.24) is 19.5 Å². The van der Waals surface area contributed by atoms with Crippen molar-refractivity contribution < 1.29 is 19.4 Å². The van der Waals surface area contributed by atoms with Crippen LogP contribution >= 0.6 is 11.6 Å². The zero-order chi connectivity index (χ0) is 29.4. The molecule has 1 aliphatic carbocycles. The van der Waals surface area contributed by atoms with Gasteiger partial charge >= 0.3 is 0 Å². The average Bonchev–Trinajstić information content (AvgIpc) is 3.31. The van der Waals surface area contributed by atoms with Gasteiger partial charge in [0.15, 0.2) is 23.6 Å². The minimum atomic E-state index is 0.105. The fourth-order valence-corrected chi connectivity index (χ4v) is 5.07. The molecule has 5 rings (SSSR count). The molecular formula is C31H38ClN5O4. The van der Waals surface area contributed by atoms with Crippen molar-refractivity contribution in [2.24, 2.45) is 5.92 Å². The van der Waals surface area contributed by atoms with Crippen molar-refractivity contribution in [3.8, 4) is 17.1 Å². The Morgan fingerprint density at radius 2 is 1.88 bits per heavy atom. The van der Waals surface area contributed by atoms with E-state index in [4.69, 9.17) is 31.2 Å². The van der Waals surface area contributed by atoms with Gasteiger partial charge in [-0.2, -0.15) is 0 Å². The van der Waals surface area contributed by atoms with Crippen LogP contribution in [0.2, 0.25) is 5.02 Å². The van der Waals surface area contributed by atoms with Crippen LogP contribution in [0.15, 0.2) is 42.5 Å². The highest BCUT2D eigenvalue weighted by Gasteiger charge is 2.27. The molecule has 1 aliphatic rings. The number of benzene rings is 2. The number of carbonyl (C=O) groups is 1. The van der Waals surface area contributed by atoms with E-state index >= 15 is 0 Å². The quantitative estimate of drug-likeness (QED) is 0.157. The summed E-state index contributed by atoms with van der Waals surface area (Å²) < 4.78 is 13.5. The minimum Gasteiger partial charge on any atom is -0.493 e. The molecule has 2 heterocycles. The normalized spacial score (nSPS) is 13.7. The number of aliphatic hydroxyl groups is 1. The lowest BCUT2D eigenvalue weighted by atomic mass is 9.80. The van der Waals surface area contributed by atoms with Crippen LogP contribution in [-0.4, -0.2) is 64.4 Å². The Labute approximate surface area is 245 Å². The Morgan fingerprint density at radius 1 is 1.12 bits per heavy atom. The number of aryl methyl sites for hydroxylation is 1. The van der Waals surface area contributed by atoms with Gasteiger partial charge in [-0.15, -0.1) is 0 Å². The van der Waals surface area contributed by atoms with Crippen molar-refractivity contribution in [2.75, 3.05) is 32.8 Å². The Hall–Kier alpha value is -3.53. The fraction of sp³-hybridized carbons (Fsp3) is 0.419. The summed E-state index contributed by atoms with van der Waals surface area (Å²) in [6.07, 6.45) is 5.06. The molecule has 4 aromatic rings. The number of methoxy groups -OCH3 is 1. The number of nitrogens with zero attached hydrogens (tertiary/aromatic N) is 4. The van der Waals surface area contributed by atoms with E-state index in [1.807, 2.05) is 43.3 Å². The van der Waals surface area contributed by atoms with Crippen LogP contribution in [-0.2, 0) is 11.3 Å². The number of aromatic nitrogens is 4. The predicted molar refractivity (Wildman–Crippen MR) is 162 cm³/mol. The molecule has 0 amide bonds. The molecule has 9 nitrogen and oxygen atoms in total. The van der Waals surface area contributed by atoms with E-state index in [0.29, 0.717) is 54.3 Å². The number of aldehydes is 1. The third-order valence-electron chi connectivity index (χ3n) is 7.33. The molecule has 0 unspecified atom stereocenters. The van der Waals surface area contributed by atoms with E-state index in [0.717, 1.165) is 41.5 Å². The number of anilines is 1. The smallest absolute Gasteiger partial charge is 0.196 e. The average molecular weight is 580 g/mol. The van der Waals surface area contributed by atoms with Gasteiger partial charge in [0.2, 0.25) is 0 Å². The summed E-state index contributed by atoms with van der Waals surface area (Å²) in [5, 5.41) is 11.3. The van der Waals surface area contributed by atoms with Crippen molar-refractivity contribution >= 4 is 34.9 Å². The van der Waals surface area contributed by atoms with Gasteiger partial charge in [0.1, 0.15) is 17.1 Å². The second kappa shape index (κ2) is 14.4. The molecule has 0 bridgehead atoms. The topological polar surface area (TPSA) is 111 Å². The first-order valence-corrected chi connectivity index (χ1v) is 14.3. The van der Waals surface area contributed by atoms with Crippen molar-refractivity contribution in [1.29, 1.82) is 0 Å². The van der Waals surface area contributed by atoms with Gasteiger partial charge in [0, 0.05) is 44.9 Å². The first-order valence-electron chi connectivity index (χ1n) is 13.9. The van der Waals surface area contributed by atoms with Gasteiger partial charge in [-0.1, -0.05) is 41.8 Å². The SMILES string of the molecule is CO.COCCCOc1ccc(C)cc1-c1nc2nc(C=O)nc(N[C@H](C)C3CCC3)c2n1Cc1ccc(Cl)cc1. The van der Waals surface area contributed by atoms with Gasteiger partial charge in [0.25, 0.3) is 0 Å². The first-order chi connectivity index (χ1) is 20.0. The second-order valence-corrected chi connectivity index (χ2v) is 10.6. The maximum absolute atomic E-state index is 11.8. The number of rotatable bonds is 12. The number of hydrogen-bond acceptors (Lipinski definition) is 8. The van der Waals surface area contributed by atoms with Crippen molar-refractivity contribution in [3.63, 3.8) is 0 Å². The standard InChI is InChI=1S/C30H34ClN5O3.CH4O/c1-19-8-13-25(39-15-5-14-38-3)24(16-19)30-35-29-27(36(30)17-21-9-11-23(31)12-10-21)28(33-26(18-37)34-29)32-20(2)22-6-4-7-22;1-2/h8-13,16,18,20,22H,4-7,14-15,17H2,1-3H3,(H,32,33,34);2H,1H3/t20-;/m1./s1. The van der Waals surface area contributed by atoms with Gasteiger partial charge in [-0.25, -0.2) is 15.0 Å². The zero-order valence-corrected chi connectivity index (χ0v) is 24.8. The molecular weight excluding hydrogens is 542 g/mol. The number of hydrogen-bond donors (Lipinski definition) is 2. The van der Waals surface area contributed by atoms with Crippen molar-refractivity contribution in [2.45, 2.75) is 52.1 Å². The number of fused-ring (bicyclic) bond motifs is 1. The zero-order valence-electron chi connectivity index (χ0n) is 24.1. The summed E-state index contributed by atoms with van der Waals surface area (Å²) in [6.45, 7) is 5.86. The maximum atomic E-state index is 11.8. The molecule has 0 saturated heterocycles. The summed E-state index contributed by atoms with van der Waals surface area (Å²) in [7, 11) is 2.68. The molecule has 1 atom stereocenters. The molecule has 1 saturated carbocycles. The van der Waals surface area contributed by atoms with Gasteiger partial charge in [-0.05, 0) is 62.4 Å². The first kappa shape index (κ1) is 30.4. The van der Waals surface area contributed by atoms with Gasteiger partial charge in [-0.3, -0.25) is 4.79 Å². The lowest BCUT2D eigenvalue weighted by molar-refractivity contribution is 0.111. The van der Waals surface area contributed by atoms with E-state index in [2.05, 4.69) is 32.8 Å². The lowest BCUT2D eigenvalue weighted by Gasteiger charge is -2.32. The van der Waals surface area contributed by atoms with Crippen LogP contribution in [0.1, 0.15) is 54.4 Å². The van der Waals surface area contributed by atoms with E-state index in [9.17, 15) is 4.79 Å². The highest BCUT2D eigenvalue weighted by molar-refractivity contribution is 6.30. The minimum absolute atomic E-state index is 0.105. The number of imidazole rings is 1. The summed E-state index contributed by atoms with van der Waals surface area (Å²) in [5.41, 5.74) is 4.20. The monoisotopic (exact) mass is 579 g/mol. The third-order valence-corrected chi connectivity index (χ3v) is 7.58. The Kier molecular flexibility index (Phi) is 10.7. The number of nitrogens with one attached hydrogen (secondary N) is 1. The molecule has 0 aliphatic heterocycles. The fourth-order valence-electron chi connectivity index (χ4n) is 4.94. The maximum Gasteiger partial charge on any atom is 0.196 e. The molecule has 0 spiro atoms. The van der Waals surface area contributed by atoms with Crippen LogP contribution in [0.25, 0.3) is 22.6 Å². The predicted octanol–water partition coefficient (Wildman–Crippen LogP) is 5.94. The molecule has 41 heavy (non-hydrogen) atoms. The molecule has 2 N–H and O–H groups in total. The number of halogens is 1. The third kappa shape index (κ3) is 7.22. The van der Waals surface area contributed by atoms with Crippen LogP contribution in [0.4, 0.5) is 5.82 Å². The molecule has 2 aromatic carbocycles. The van der Waals surface area contributed by atoms with E-state index in [-0.39, 0.29) is 11.9 Å². The van der Waals surface area contributed by atoms with Crippen LogP contribution in [0, 0.1) is 12.8 Å². The lowest BCUT2D eigenvalue weighted by Crippen LogP contribution is -2.31. The highest BCUT2D eigenvalue weighted by Crippen LogP contribution is 2.36. The van der Waals surface area contributed by atoms with E-state index in [1.54, 1.807) is 7.11 Å². The van der Waals surface area contributed by atoms with Crippen LogP contribution < -0.4 is 10.1 Å². The molecule has 218 valence electrons. The molecule has 10 heteroatoms.